The minimum absolute atomic E-state index is 0.869. The van der Waals surface area contributed by atoms with Crippen LogP contribution < -0.4 is 0 Å². The van der Waals surface area contributed by atoms with Crippen molar-refractivity contribution >= 4 is 27.3 Å². The second kappa shape index (κ2) is 19.0. The normalized spacial score (nSPS) is 11.4. The summed E-state index contributed by atoms with van der Waals surface area (Å²) in [6.45, 7) is 0. The second-order valence-corrected chi connectivity index (χ2v) is 18.7. The van der Waals surface area contributed by atoms with Crippen LogP contribution in [0.5, 0.6) is 0 Å². The number of hydrogen-bond acceptors (Lipinski definition) is 3. The number of nitrogens with zero attached hydrogens (tertiary/aromatic N) is 4. The molecule has 0 amide bonds. The zero-order valence-electron chi connectivity index (χ0n) is 40.1. The number of aromatic nitrogens is 4. The number of pyridine rings is 3. The molecule has 4 nitrogen and oxygen atoms in total. The Morgan fingerprint density at radius 1 is 0.274 bits per heavy atom. The molecule has 9 aromatic carbocycles. The van der Waals surface area contributed by atoms with Gasteiger partial charge < -0.3 is 0 Å². The Labute approximate surface area is 425 Å². The maximum atomic E-state index is 4.81. The Morgan fingerprint density at radius 3 is 1.55 bits per heavy atom. The predicted molar refractivity (Wildman–Crippen MR) is 303 cm³/mol. The van der Waals surface area contributed by atoms with Gasteiger partial charge in [-0.3, -0.25) is 14.4 Å². The van der Waals surface area contributed by atoms with Crippen LogP contribution in [0.2, 0.25) is 0 Å². The summed E-state index contributed by atoms with van der Waals surface area (Å²) in [6.07, 6.45) is 9.44. The zero-order valence-corrected chi connectivity index (χ0v) is 40.1. The van der Waals surface area contributed by atoms with Crippen LogP contribution in [0.25, 0.3) is 117 Å². The van der Waals surface area contributed by atoms with Crippen LogP contribution in [0.3, 0.4) is 0 Å². The number of imidazole rings is 1. The third kappa shape index (κ3) is 8.45. The van der Waals surface area contributed by atoms with E-state index in [-0.39, 0.29) is 0 Å². The van der Waals surface area contributed by atoms with Crippen molar-refractivity contribution in [3.05, 3.63) is 279 Å². The topological polar surface area (TPSA) is 43.1 Å². The fourth-order valence-corrected chi connectivity index (χ4v) is 10.7. The summed E-state index contributed by atoms with van der Waals surface area (Å²) in [5, 5.41) is 3.54. The molecule has 4 aromatic heterocycles. The molecule has 13 rings (SSSR count). The Bertz CT molecular complexity index is 4110. The van der Waals surface area contributed by atoms with E-state index in [9.17, 15) is 0 Å². The lowest BCUT2D eigenvalue weighted by Gasteiger charge is -2.19. The van der Waals surface area contributed by atoms with Crippen molar-refractivity contribution in [2.45, 2.75) is 12.8 Å². The Hall–Kier alpha value is -9.51. The lowest BCUT2D eigenvalue weighted by Crippen LogP contribution is -1.96. The van der Waals surface area contributed by atoms with Crippen LogP contribution in [0.4, 0.5) is 0 Å². The monoisotopic (exact) mass is 932 g/mol. The van der Waals surface area contributed by atoms with Crippen molar-refractivity contribution in [2.75, 3.05) is 0 Å². The van der Waals surface area contributed by atoms with Crippen LogP contribution in [0.1, 0.15) is 11.1 Å². The maximum Gasteiger partial charge on any atom is 0.145 e. The van der Waals surface area contributed by atoms with Crippen LogP contribution in [-0.4, -0.2) is 19.4 Å². The van der Waals surface area contributed by atoms with Gasteiger partial charge in [-0.25, -0.2) is 4.98 Å². The van der Waals surface area contributed by atoms with Gasteiger partial charge in [-0.2, -0.15) is 0 Å². The van der Waals surface area contributed by atoms with Gasteiger partial charge in [-0.15, -0.1) is 0 Å². The third-order valence-electron chi connectivity index (χ3n) is 14.3. The van der Waals surface area contributed by atoms with E-state index in [1.807, 2.05) is 36.8 Å². The summed E-state index contributed by atoms with van der Waals surface area (Å²) in [6, 6.07) is 88.1. The number of hydrogen-bond donors (Lipinski definition) is 0. The highest BCUT2D eigenvalue weighted by atomic mass is 15.0. The largest absolute Gasteiger partial charge is 0.299 e. The molecule has 0 aliphatic rings. The number of benzene rings is 9. The molecule has 0 spiro atoms. The van der Waals surface area contributed by atoms with Crippen LogP contribution in [0.15, 0.2) is 267 Å². The first-order chi connectivity index (χ1) is 36.2. The lowest BCUT2D eigenvalue weighted by atomic mass is 9.85. The second-order valence-electron chi connectivity index (χ2n) is 18.7. The molecule has 0 saturated carbocycles. The van der Waals surface area contributed by atoms with Crippen molar-refractivity contribution < 1.29 is 0 Å². The highest BCUT2D eigenvalue weighted by Crippen LogP contribution is 2.43. The molecule has 4 heterocycles. The van der Waals surface area contributed by atoms with Crippen molar-refractivity contribution in [1.82, 2.24) is 19.4 Å². The Morgan fingerprint density at radius 2 is 0.822 bits per heavy atom. The van der Waals surface area contributed by atoms with E-state index in [0.717, 1.165) is 68.6 Å². The number of fused-ring (bicyclic) bond motifs is 6. The molecule has 0 N–H and O–H groups in total. The molecule has 0 radical (unpaired) electrons. The molecule has 0 aliphatic carbocycles. The van der Waals surface area contributed by atoms with Gasteiger partial charge in [0, 0.05) is 46.7 Å². The summed E-state index contributed by atoms with van der Waals surface area (Å²) in [4.78, 5) is 14.2. The first-order valence-electron chi connectivity index (χ1n) is 25.0. The summed E-state index contributed by atoms with van der Waals surface area (Å²) in [7, 11) is 0. The molecule has 0 aliphatic heterocycles. The van der Waals surface area contributed by atoms with Gasteiger partial charge >= 0.3 is 0 Å². The smallest absolute Gasteiger partial charge is 0.145 e. The molecule has 13 aromatic rings. The average Bonchev–Trinajstić information content (AvgIpc) is 3.98. The Kier molecular flexibility index (Phi) is 11.3. The number of para-hydroxylation sites is 1. The average molecular weight is 933 g/mol. The Balaban J connectivity index is 0.953. The van der Waals surface area contributed by atoms with Gasteiger partial charge in [0.15, 0.2) is 0 Å². The molecule has 0 saturated heterocycles. The van der Waals surface area contributed by atoms with E-state index in [0.29, 0.717) is 0 Å². The van der Waals surface area contributed by atoms with Gasteiger partial charge in [0.1, 0.15) is 5.65 Å². The fourth-order valence-electron chi connectivity index (χ4n) is 10.7. The van der Waals surface area contributed by atoms with Crippen molar-refractivity contribution in [3.8, 4) is 89.3 Å². The summed E-state index contributed by atoms with van der Waals surface area (Å²) >= 11 is 0. The van der Waals surface area contributed by atoms with E-state index >= 15 is 0 Å². The summed E-state index contributed by atoms with van der Waals surface area (Å²) in [5.74, 6) is 0. The minimum Gasteiger partial charge on any atom is -0.299 e. The fraction of sp³-hybridized carbons (Fsp3) is 0.0290. The molecule has 344 valence electrons. The van der Waals surface area contributed by atoms with Gasteiger partial charge in [0.25, 0.3) is 0 Å². The maximum absolute atomic E-state index is 4.81. The third-order valence-corrected chi connectivity index (χ3v) is 14.3. The van der Waals surface area contributed by atoms with Crippen molar-refractivity contribution in [1.29, 1.82) is 0 Å². The van der Waals surface area contributed by atoms with Crippen LogP contribution in [-0.2, 0) is 12.8 Å². The highest BCUT2D eigenvalue weighted by Gasteiger charge is 2.18. The first-order valence-corrected chi connectivity index (χ1v) is 25.0. The van der Waals surface area contributed by atoms with Gasteiger partial charge in [-0.1, -0.05) is 188 Å². The van der Waals surface area contributed by atoms with Crippen molar-refractivity contribution in [3.63, 3.8) is 0 Å². The molecular formula is C69H48N4. The SMILES string of the molecule is c1ccc(-c2ccc(-c3cc(-c4ccccn4)ccc3-c3ccccc3-c3cc(CCc4ccc(-c5ccccn5)cc4)cc(-c4ccccc4-c4ccc5c(c4)c4ccccc4n4ccnc54)c3)cc2)cc1. The first kappa shape index (κ1) is 43.5. The van der Waals surface area contributed by atoms with Gasteiger partial charge in [-0.05, 0) is 151 Å². The highest BCUT2D eigenvalue weighted by molar-refractivity contribution is 6.13. The predicted octanol–water partition coefficient (Wildman–Crippen LogP) is 17.6. The number of rotatable bonds is 11. The zero-order chi connectivity index (χ0) is 48.5. The molecule has 0 bridgehead atoms. The molecule has 0 atom stereocenters. The molecular weight excluding hydrogens is 885 g/mol. The van der Waals surface area contributed by atoms with E-state index in [2.05, 4.69) is 240 Å². The molecule has 0 unspecified atom stereocenters. The molecule has 4 heteroatoms. The van der Waals surface area contributed by atoms with E-state index in [1.165, 1.54) is 72.0 Å². The quantitative estimate of drug-likeness (QED) is 0.121. The van der Waals surface area contributed by atoms with Gasteiger partial charge in [0.05, 0.1) is 16.9 Å². The minimum atomic E-state index is 0.869. The molecule has 73 heavy (non-hydrogen) atoms. The van der Waals surface area contributed by atoms with Crippen LogP contribution in [0, 0.1) is 0 Å². The molecule has 0 fully saturated rings. The standard InChI is InChI=1S/C69H48N4/c1-2-14-49(15-3-1)50-30-32-51(33-31-50)64-46-54(67-22-11-13-39-71-67)35-36-61(64)60-19-7-6-18-59(60)56-43-48(25-24-47-26-28-52(29-27-47)66-21-10-12-38-70-66)42-55(44-56)58-17-5-4-16-57(58)53-34-37-63-65(45-53)62-20-8-9-23-68(62)73-41-40-72-69(63)73/h1-23,26-46H,24-25H2. The van der Waals surface area contributed by atoms with E-state index in [4.69, 9.17) is 9.97 Å². The van der Waals surface area contributed by atoms with Crippen LogP contribution >= 0.6 is 0 Å². The summed E-state index contributed by atoms with van der Waals surface area (Å²) < 4.78 is 2.20. The van der Waals surface area contributed by atoms with Gasteiger partial charge in [0.2, 0.25) is 0 Å². The van der Waals surface area contributed by atoms with E-state index < -0.39 is 0 Å². The lowest BCUT2D eigenvalue weighted by molar-refractivity contribution is 0.961. The summed E-state index contributed by atoms with van der Waals surface area (Å²) in [5.41, 5.74) is 22.9. The number of aryl methyl sites for hydroxylation is 2. The van der Waals surface area contributed by atoms with Crippen molar-refractivity contribution in [2.24, 2.45) is 0 Å². The van der Waals surface area contributed by atoms with E-state index in [1.54, 1.807) is 0 Å².